The second-order valence-corrected chi connectivity index (χ2v) is 8.15. The number of hydrogen-bond acceptors (Lipinski definition) is 7. The maximum atomic E-state index is 12.7. The average Bonchev–Trinajstić information content (AvgIpc) is 3.10. The van der Waals surface area contributed by atoms with Gasteiger partial charge in [0.15, 0.2) is 6.10 Å². The number of hydrogen-bond donors (Lipinski definition) is 2. The van der Waals surface area contributed by atoms with Crippen molar-refractivity contribution in [2.75, 3.05) is 5.32 Å². The van der Waals surface area contributed by atoms with E-state index in [0.717, 1.165) is 0 Å². The second kappa shape index (κ2) is 10.7. The predicted octanol–water partition coefficient (Wildman–Crippen LogP) is 2.95. The summed E-state index contributed by atoms with van der Waals surface area (Å²) in [5, 5.41) is 14.1. The molecule has 0 radical (unpaired) electrons. The number of anilines is 1. The van der Waals surface area contributed by atoms with E-state index in [1.165, 1.54) is 11.3 Å². The summed E-state index contributed by atoms with van der Waals surface area (Å²) in [5.74, 6) is -1.34. The summed E-state index contributed by atoms with van der Waals surface area (Å²) in [6.45, 7) is 7.40. The second-order valence-electron chi connectivity index (χ2n) is 6.97. The van der Waals surface area contributed by atoms with Gasteiger partial charge in [-0.05, 0) is 37.8 Å². The van der Waals surface area contributed by atoms with Crippen LogP contribution in [0.4, 0.5) is 5.13 Å². The van der Waals surface area contributed by atoms with Crippen LogP contribution in [0, 0.1) is 12.8 Å². The highest BCUT2D eigenvalue weighted by molar-refractivity contribution is 7.15. The Bertz CT molecular complexity index is 838. The molecule has 0 fully saturated rings. The van der Waals surface area contributed by atoms with Crippen LogP contribution >= 0.6 is 11.3 Å². The molecule has 2 aromatic rings. The van der Waals surface area contributed by atoms with Crippen LogP contribution in [0.15, 0.2) is 30.3 Å². The Kier molecular flexibility index (Phi) is 8.26. The molecule has 8 nitrogen and oxygen atoms in total. The van der Waals surface area contributed by atoms with Gasteiger partial charge in [0.05, 0.1) is 0 Å². The van der Waals surface area contributed by atoms with Gasteiger partial charge in [-0.1, -0.05) is 50.3 Å². The van der Waals surface area contributed by atoms with Gasteiger partial charge >= 0.3 is 5.97 Å². The molecule has 2 N–H and O–H groups in total. The summed E-state index contributed by atoms with van der Waals surface area (Å²) in [6.07, 6.45) is -0.309. The molecule has 0 aliphatic heterocycles. The Morgan fingerprint density at radius 3 is 2.38 bits per heavy atom. The number of ether oxygens (including phenoxy) is 1. The number of carbonyl (C=O) groups is 3. The van der Waals surface area contributed by atoms with Gasteiger partial charge in [0.1, 0.15) is 11.0 Å². The van der Waals surface area contributed by atoms with Crippen molar-refractivity contribution in [3.05, 3.63) is 40.9 Å². The highest BCUT2D eigenvalue weighted by Gasteiger charge is 2.29. The van der Waals surface area contributed by atoms with Gasteiger partial charge in [0.2, 0.25) is 5.13 Å². The summed E-state index contributed by atoms with van der Waals surface area (Å²) < 4.78 is 5.43. The molecule has 1 aromatic heterocycles. The Labute approximate surface area is 174 Å². The molecule has 1 heterocycles. The van der Waals surface area contributed by atoms with E-state index >= 15 is 0 Å². The maximum absolute atomic E-state index is 12.7. The predicted molar refractivity (Wildman–Crippen MR) is 111 cm³/mol. The van der Waals surface area contributed by atoms with Crippen LogP contribution in [0.2, 0.25) is 0 Å². The molecule has 0 unspecified atom stereocenters. The first-order chi connectivity index (χ1) is 13.8. The van der Waals surface area contributed by atoms with Gasteiger partial charge in [0, 0.05) is 5.56 Å². The van der Waals surface area contributed by atoms with Crippen molar-refractivity contribution < 1.29 is 19.1 Å². The van der Waals surface area contributed by atoms with Crippen molar-refractivity contribution in [3.8, 4) is 0 Å². The van der Waals surface area contributed by atoms with Crippen molar-refractivity contribution in [1.82, 2.24) is 15.5 Å². The van der Waals surface area contributed by atoms with Crippen LogP contribution in [0.3, 0.4) is 0 Å². The molecule has 9 heteroatoms. The van der Waals surface area contributed by atoms with E-state index in [4.69, 9.17) is 4.74 Å². The molecule has 0 spiro atoms. The van der Waals surface area contributed by atoms with E-state index in [9.17, 15) is 14.4 Å². The lowest BCUT2D eigenvalue weighted by molar-refractivity contribution is -0.156. The normalized spacial score (nSPS) is 12.9. The molecule has 0 saturated carbocycles. The maximum Gasteiger partial charge on any atom is 0.329 e. The van der Waals surface area contributed by atoms with Crippen molar-refractivity contribution in [3.63, 3.8) is 0 Å². The third kappa shape index (κ3) is 6.94. The van der Waals surface area contributed by atoms with Crippen LogP contribution in [0.5, 0.6) is 0 Å². The monoisotopic (exact) mass is 418 g/mol. The molecule has 2 amide bonds. The number of nitrogens with one attached hydrogen (secondary N) is 2. The van der Waals surface area contributed by atoms with E-state index in [1.807, 2.05) is 13.8 Å². The smallest absolute Gasteiger partial charge is 0.329 e. The SMILES string of the molecule is CC[C@H](OC(=O)[C@H](CC(C)C)NC(=O)c1ccccc1)C(=O)Nc1nnc(C)s1. The highest BCUT2D eigenvalue weighted by atomic mass is 32.1. The van der Waals surface area contributed by atoms with Crippen LogP contribution in [-0.4, -0.2) is 40.1 Å². The van der Waals surface area contributed by atoms with Crippen molar-refractivity contribution >= 4 is 34.3 Å². The van der Waals surface area contributed by atoms with Gasteiger partial charge in [-0.2, -0.15) is 0 Å². The third-order valence-corrected chi connectivity index (χ3v) is 4.76. The van der Waals surface area contributed by atoms with Gasteiger partial charge in [-0.3, -0.25) is 14.9 Å². The molecular weight excluding hydrogens is 392 g/mol. The lowest BCUT2D eigenvalue weighted by Gasteiger charge is -2.22. The summed E-state index contributed by atoms with van der Waals surface area (Å²) in [4.78, 5) is 37.6. The Morgan fingerprint density at radius 2 is 1.83 bits per heavy atom. The zero-order valence-corrected chi connectivity index (χ0v) is 17.8. The standard InChI is InChI=1S/C20H26N4O4S/c1-5-16(18(26)22-20-24-23-13(4)29-20)28-19(27)15(11-12(2)3)21-17(25)14-9-7-6-8-10-14/h6-10,12,15-16H,5,11H2,1-4H3,(H,21,25)(H,22,24,26)/t15-,16-/m0/s1. The third-order valence-electron chi connectivity index (χ3n) is 4.01. The number of aromatic nitrogens is 2. The number of nitrogens with zero attached hydrogens (tertiary/aromatic N) is 2. The first-order valence-electron chi connectivity index (χ1n) is 9.47. The molecule has 0 saturated heterocycles. The first-order valence-corrected chi connectivity index (χ1v) is 10.3. The molecule has 0 bridgehead atoms. The Hall–Kier alpha value is -2.81. The van der Waals surface area contributed by atoms with E-state index in [2.05, 4.69) is 20.8 Å². The quantitative estimate of drug-likeness (QED) is 0.606. The number of aryl methyl sites for hydroxylation is 1. The topological polar surface area (TPSA) is 110 Å². The molecular formula is C20H26N4O4S. The largest absolute Gasteiger partial charge is 0.451 e. The summed E-state index contributed by atoms with van der Waals surface area (Å²) in [6, 6.07) is 7.78. The molecule has 0 aliphatic rings. The van der Waals surface area contributed by atoms with E-state index in [-0.39, 0.29) is 18.2 Å². The van der Waals surface area contributed by atoms with Crippen molar-refractivity contribution in [2.45, 2.75) is 52.7 Å². The van der Waals surface area contributed by atoms with E-state index in [1.54, 1.807) is 44.2 Å². The lowest BCUT2D eigenvalue weighted by Crippen LogP contribution is -2.45. The van der Waals surface area contributed by atoms with Crippen LogP contribution < -0.4 is 10.6 Å². The highest BCUT2D eigenvalue weighted by Crippen LogP contribution is 2.16. The zero-order chi connectivity index (χ0) is 21.4. The summed E-state index contributed by atoms with van der Waals surface area (Å²) >= 11 is 1.23. The summed E-state index contributed by atoms with van der Waals surface area (Å²) in [7, 11) is 0. The van der Waals surface area contributed by atoms with E-state index < -0.39 is 24.0 Å². The number of carbonyl (C=O) groups excluding carboxylic acids is 3. The zero-order valence-electron chi connectivity index (χ0n) is 17.0. The van der Waals surface area contributed by atoms with Gasteiger partial charge in [-0.25, -0.2) is 4.79 Å². The van der Waals surface area contributed by atoms with E-state index in [0.29, 0.717) is 22.1 Å². The minimum absolute atomic E-state index is 0.141. The molecule has 0 aliphatic carbocycles. The fraction of sp³-hybridized carbons (Fsp3) is 0.450. The Morgan fingerprint density at radius 1 is 1.14 bits per heavy atom. The van der Waals surface area contributed by atoms with Crippen LogP contribution in [0.25, 0.3) is 0 Å². The first kappa shape index (κ1) is 22.5. The van der Waals surface area contributed by atoms with Crippen LogP contribution in [0.1, 0.15) is 49.0 Å². The van der Waals surface area contributed by atoms with Gasteiger partial charge in [-0.15, -0.1) is 10.2 Å². The molecule has 2 rings (SSSR count). The minimum atomic E-state index is -0.991. The number of rotatable bonds is 9. The lowest BCUT2D eigenvalue weighted by atomic mass is 10.0. The van der Waals surface area contributed by atoms with Gasteiger partial charge in [0.25, 0.3) is 11.8 Å². The summed E-state index contributed by atoms with van der Waals surface area (Å²) in [5.41, 5.74) is 0.450. The fourth-order valence-electron chi connectivity index (χ4n) is 2.59. The molecule has 156 valence electrons. The van der Waals surface area contributed by atoms with Gasteiger partial charge < -0.3 is 10.1 Å². The number of benzene rings is 1. The van der Waals surface area contributed by atoms with Crippen molar-refractivity contribution in [1.29, 1.82) is 0 Å². The number of amides is 2. The Balaban J connectivity index is 2.04. The minimum Gasteiger partial charge on any atom is -0.451 e. The van der Waals surface area contributed by atoms with Crippen LogP contribution in [-0.2, 0) is 14.3 Å². The molecule has 29 heavy (non-hydrogen) atoms. The molecule has 2 atom stereocenters. The molecule has 1 aromatic carbocycles. The van der Waals surface area contributed by atoms with Crippen molar-refractivity contribution in [2.24, 2.45) is 5.92 Å². The fourth-order valence-corrected chi connectivity index (χ4v) is 3.19. The average molecular weight is 419 g/mol. The number of esters is 1.